The van der Waals surface area contributed by atoms with Crippen LogP contribution in [-0.2, 0) is 4.74 Å². The number of aliphatic hydroxyl groups excluding tert-OH is 1. The normalized spacial score (nSPS) is 21.2. The fraction of sp³-hybridized carbons (Fsp3) is 0.818. The number of carbonyl (C=O) groups excluding carboxylic acids is 1. The van der Waals surface area contributed by atoms with E-state index >= 15 is 0 Å². The van der Waals surface area contributed by atoms with E-state index in [9.17, 15) is 4.79 Å². The average molecular weight is 221 g/mol. The number of nitrogens with zero attached hydrogens (tertiary/aromatic N) is 1. The van der Waals surface area contributed by atoms with Crippen LogP contribution in [0.15, 0.2) is 0 Å². The third-order valence-electron chi connectivity index (χ3n) is 2.23. The second-order valence-corrected chi connectivity index (χ2v) is 4.91. The number of amides is 1. The van der Waals surface area contributed by atoms with E-state index in [2.05, 4.69) is 0 Å². The van der Waals surface area contributed by atoms with Crippen LogP contribution in [0.5, 0.6) is 0 Å². The van der Waals surface area contributed by atoms with Gasteiger partial charge in [-0.2, -0.15) is 0 Å². The van der Waals surface area contributed by atoms with E-state index in [1.807, 2.05) is 20.8 Å². The number of aliphatic hydroxyl groups is 1. The van der Waals surface area contributed by atoms with Gasteiger partial charge in [0.25, 0.3) is 0 Å². The van der Waals surface area contributed by atoms with Crippen molar-refractivity contribution in [2.75, 3.05) is 13.2 Å². The van der Waals surface area contributed by atoms with Crippen molar-refractivity contribution in [3.8, 4) is 0 Å². The molecule has 0 aliphatic carbocycles. The summed E-state index contributed by atoms with van der Waals surface area (Å²) in [5, 5.41) is 9.01. The largest absolute Gasteiger partial charge is 1.00 e. The number of carbonyl (C=O) groups is 1. The molecule has 0 radical (unpaired) electrons. The van der Waals surface area contributed by atoms with Crippen molar-refractivity contribution < 1.29 is 33.5 Å². The fourth-order valence-electron chi connectivity index (χ4n) is 1.54. The second-order valence-electron chi connectivity index (χ2n) is 4.91. The molecule has 1 aliphatic rings. The fourth-order valence-corrected chi connectivity index (χ4v) is 1.54. The minimum Gasteiger partial charge on any atom is -0.457 e. The Kier molecular flexibility index (Phi) is 6.46. The summed E-state index contributed by atoms with van der Waals surface area (Å²) in [7, 11) is 0. The molecule has 4 nitrogen and oxygen atoms in total. The molecule has 0 aromatic rings. The quantitative estimate of drug-likeness (QED) is 0.446. The van der Waals surface area contributed by atoms with Crippen molar-refractivity contribution in [3.05, 3.63) is 6.54 Å². The van der Waals surface area contributed by atoms with Gasteiger partial charge < -0.3 is 14.7 Å². The summed E-state index contributed by atoms with van der Waals surface area (Å²) >= 11 is 0. The van der Waals surface area contributed by atoms with Gasteiger partial charge in [-0.3, -0.25) is 0 Å². The second kappa shape index (κ2) is 6.54. The maximum Gasteiger partial charge on any atom is 1.00 e. The molecule has 1 unspecified atom stereocenters. The van der Waals surface area contributed by atoms with E-state index in [4.69, 9.17) is 9.84 Å². The molecule has 0 saturated carbocycles. The Morgan fingerprint density at radius 3 is 2.69 bits per heavy atom. The summed E-state index contributed by atoms with van der Waals surface area (Å²) in [5.74, 6) is 0.0891. The molecule has 0 aromatic carbocycles. The molecule has 1 amide bonds. The van der Waals surface area contributed by atoms with Crippen molar-refractivity contribution in [2.45, 2.75) is 39.2 Å². The van der Waals surface area contributed by atoms with Crippen LogP contribution >= 0.6 is 0 Å². The van der Waals surface area contributed by atoms with Crippen molar-refractivity contribution in [2.24, 2.45) is 5.92 Å². The zero-order chi connectivity index (χ0) is 11.5. The number of rotatable bonds is 1. The predicted octanol–water partition coefficient (Wildman–Crippen LogP) is -1.21. The molecule has 1 N–H and O–H groups in total. The molecule has 88 valence electrons. The summed E-state index contributed by atoms with van der Waals surface area (Å²) in [4.78, 5) is 13.2. The molecule has 5 heteroatoms. The monoisotopic (exact) mass is 221 g/mol. The van der Waals surface area contributed by atoms with Crippen LogP contribution in [-0.4, -0.2) is 34.9 Å². The Hall–Kier alpha value is -0.173. The van der Waals surface area contributed by atoms with Crippen molar-refractivity contribution in [3.63, 3.8) is 0 Å². The van der Waals surface area contributed by atoms with Crippen molar-refractivity contribution in [1.29, 1.82) is 0 Å². The predicted molar refractivity (Wildman–Crippen MR) is 57.0 cm³/mol. The Labute approximate surface area is 110 Å². The van der Waals surface area contributed by atoms with Crippen LogP contribution in [0.1, 0.15) is 33.6 Å². The van der Waals surface area contributed by atoms with Crippen LogP contribution in [0.4, 0.5) is 4.79 Å². The summed E-state index contributed by atoms with van der Waals surface area (Å²) < 4.78 is 5.24. The van der Waals surface area contributed by atoms with Crippen LogP contribution in [0.25, 0.3) is 0 Å². The Morgan fingerprint density at radius 2 is 2.19 bits per heavy atom. The van der Waals surface area contributed by atoms with E-state index in [0.29, 0.717) is 6.54 Å². The maximum atomic E-state index is 11.7. The first-order valence-corrected chi connectivity index (χ1v) is 5.38. The van der Waals surface area contributed by atoms with Gasteiger partial charge >= 0.3 is 25.0 Å². The topological polar surface area (TPSA) is 49.8 Å². The third-order valence-corrected chi connectivity index (χ3v) is 2.23. The standard InChI is InChI=1S/C11H20NO3.Li/c1-11(2,3)15-10(14)12-6-4-5-9(7-12)8-13;/h7,9,13H,4-6,8H2,1-3H3;/q-1;+1. The molecule has 0 bridgehead atoms. The Bertz CT molecular complexity index is 228. The van der Waals surface area contributed by atoms with Crippen LogP contribution in [0, 0.1) is 12.5 Å². The SMILES string of the molecule is CC(C)(C)OC(=O)N1[CH-]C(CO)CCC1.[Li+]. The first kappa shape index (κ1) is 15.8. The van der Waals surface area contributed by atoms with Gasteiger partial charge in [0, 0.05) is 6.61 Å². The van der Waals surface area contributed by atoms with E-state index in [1.165, 1.54) is 0 Å². The molecular weight excluding hydrogens is 201 g/mol. The maximum absolute atomic E-state index is 11.7. The first-order chi connectivity index (χ1) is 6.92. The summed E-state index contributed by atoms with van der Waals surface area (Å²) in [6, 6.07) is 0. The van der Waals surface area contributed by atoms with Crippen LogP contribution in [0.3, 0.4) is 0 Å². The molecular formula is C11H20LiNO3. The number of hydrogen-bond acceptors (Lipinski definition) is 3. The average Bonchev–Trinajstić information content (AvgIpc) is 2.15. The molecule has 16 heavy (non-hydrogen) atoms. The molecule has 1 aliphatic heterocycles. The molecule has 1 saturated heterocycles. The molecule has 0 aromatic heterocycles. The molecule has 1 fully saturated rings. The van der Waals surface area contributed by atoms with E-state index in [-0.39, 0.29) is 37.5 Å². The number of likely N-dealkylation sites (tertiary alicyclic amines) is 1. The smallest absolute Gasteiger partial charge is 0.457 e. The van der Waals surface area contributed by atoms with Gasteiger partial charge in [0.2, 0.25) is 0 Å². The Morgan fingerprint density at radius 1 is 1.56 bits per heavy atom. The van der Waals surface area contributed by atoms with E-state index in [1.54, 1.807) is 11.4 Å². The van der Waals surface area contributed by atoms with Crippen molar-refractivity contribution in [1.82, 2.24) is 4.90 Å². The minimum atomic E-state index is -0.461. The summed E-state index contributed by atoms with van der Waals surface area (Å²) in [5.41, 5.74) is -0.461. The van der Waals surface area contributed by atoms with Gasteiger partial charge in [-0.15, -0.1) is 5.92 Å². The molecule has 1 atom stereocenters. The zero-order valence-corrected chi connectivity index (χ0v) is 10.7. The number of ether oxygens (including phenoxy) is 1. The molecule has 1 heterocycles. The van der Waals surface area contributed by atoms with Gasteiger partial charge in [0.05, 0.1) is 0 Å². The first-order valence-electron chi connectivity index (χ1n) is 5.38. The molecule has 1 rings (SSSR count). The van der Waals surface area contributed by atoms with Gasteiger partial charge in [0.1, 0.15) is 5.60 Å². The number of piperidine rings is 1. The van der Waals surface area contributed by atoms with Gasteiger partial charge in [-0.05, 0) is 33.7 Å². The van der Waals surface area contributed by atoms with Crippen molar-refractivity contribution >= 4 is 6.09 Å². The molecule has 0 spiro atoms. The summed E-state index contributed by atoms with van der Waals surface area (Å²) in [6.07, 6.45) is 1.54. The van der Waals surface area contributed by atoms with Gasteiger partial charge in [0.15, 0.2) is 0 Å². The Balaban J connectivity index is 0.00000225. The van der Waals surface area contributed by atoms with E-state index < -0.39 is 5.60 Å². The van der Waals surface area contributed by atoms with Crippen LogP contribution in [0.2, 0.25) is 0 Å². The van der Waals surface area contributed by atoms with Gasteiger partial charge in [-0.25, -0.2) is 11.3 Å². The number of hydrogen-bond donors (Lipinski definition) is 1. The zero-order valence-electron chi connectivity index (χ0n) is 10.7. The minimum absolute atomic E-state index is 0. The van der Waals surface area contributed by atoms with Gasteiger partial charge in [-0.1, -0.05) is 6.42 Å². The van der Waals surface area contributed by atoms with E-state index in [0.717, 1.165) is 12.8 Å². The van der Waals surface area contributed by atoms with Crippen LogP contribution < -0.4 is 18.9 Å². The third kappa shape index (κ3) is 5.25. The summed E-state index contributed by atoms with van der Waals surface area (Å²) in [6.45, 7) is 8.09.